The van der Waals surface area contributed by atoms with Crippen LogP contribution in [0.1, 0.15) is 0 Å². The van der Waals surface area contributed by atoms with E-state index < -0.39 is 28.4 Å². The fourth-order valence-corrected chi connectivity index (χ4v) is 0. The van der Waals surface area contributed by atoms with Gasteiger partial charge in [0.1, 0.15) is 6.61 Å². The highest BCUT2D eigenvalue weighted by atomic mass is 32.2. The summed E-state index contributed by atoms with van der Waals surface area (Å²) < 4.78 is 89.1. The maximum absolute atomic E-state index is 10.7. The standard InChI is InChI=1S/C2H3F3O.CHF3O3S/c3-2(4,5)1-6;2-1(3,4)8(5,6)7/h6H,1H2;(H,5,6,7). The number of alkyl halides is 6. The van der Waals surface area contributed by atoms with Gasteiger partial charge in [0, 0.05) is 0 Å². The topological polar surface area (TPSA) is 74.6 Å². The van der Waals surface area contributed by atoms with Crippen molar-refractivity contribution in [3.63, 3.8) is 0 Å². The van der Waals surface area contributed by atoms with Crippen molar-refractivity contribution in [2.24, 2.45) is 0 Å². The number of aliphatic hydroxyl groups is 1. The van der Waals surface area contributed by atoms with Gasteiger partial charge < -0.3 is 5.11 Å². The van der Waals surface area contributed by atoms with Gasteiger partial charge in [-0.15, -0.1) is 0 Å². The molecule has 0 saturated heterocycles. The monoisotopic (exact) mass is 250 g/mol. The van der Waals surface area contributed by atoms with E-state index in [1.54, 1.807) is 0 Å². The predicted octanol–water partition coefficient (Wildman–Crippen LogP) is 0.935. The van der Waals surface area contributed by atoms with Crippen LogP contribution in [0.15, 0.2) is 0 Å². The molecule has 0 aromatic rings. The molecule has 0 spiro atoms. The average molecular weight is 250 g/mol. The van der Waals surface area contributed by atoms with E-state index in [1.807, 2.05) is 0 Å². The zero-order chi connectivity index (χ0) is 12.2. The average Bonchev–Trinajstić information content (AvgIpc) is 1.82. The van der Waals surface area contributed by atoms with Gasteiger partial charge in [-0.1, -0.05) is 0 Å². The second kappa shape index (κ2) is 4.79. The van der Waals surface area contributed by atoms with E-state index in [1.165, 1.54) is 0 Å². The first-order chi connectivity index (χ1) is 5.81. The molecular formula is C3H4F6O4S. The van der Waals surface area contributed by atoms with Gasteiger partial charge in [0.2, 0.25) is 0 Å². The molecule has 2 N–H and O–H groups in total. The van der Waals surface area contributed by atoms with Crippen LogP contribution >= 0.6 is 0 Å². The summed E-state index contributed by atoms with van der Waals surface area (Å²) in [5, 5.41) is 7.28. The molecule has 0 radical (unpaired) electrons. The largest absolute Gasteiger partial charge is 0.522 e. The van der Waals surface area contributed by atoms with Crippen molar-refractivity contribution in [1.29, 1.82) is 0 Å². The van der Waals surface area contributed by atoms with E-state index in [4.69, 9.17) is 18.1 Å². The number of rotatable bonds is 0. The van der Waals surface area contributed by atoms with Crippen molar-refractivity contribution in [3.8, 4) is 0 Å². The summed E-state index contributed by atoms with van der Waals surface area (Å²) in [6.45, 7) is -1.73. The predicted molar refractivity (Wildman–Crippen MR) is 30.7 cm³/mol. The minimum Gasteiger partial charge on any atom is -0.387 e. The second-order valence-corrected chi connectivity index (χ2v) is 3.11. The number of halogens is 6. The van der Waals surface area contributed by atoms with Crippen LogP contribution in [0.5, 0.6) is 0 Å². The molecule has 0 fully saturated rings. The quantitative estimate of drug-likeness (QED) is 0.381. The van der Waals surface area contributed by atoms with Gasteiger partial charge in [0.15, 0.2) is 0 Å². The van der Waals surface area contributed by atoms with E-state index >= 15 is 0 Å². The van der Waals surface area contributed by atoms with Crippen molar-refractivity contribution in [2.45, 2.75) is 11.7 Å². The Morgan fingerprint density at radius 3 is 1.14 bits per heavy atom. The highest BCUT2D eigenvalue weighted by Crippen LogP contribution is 2.20. The first kappa shape index (κ1) is 15.9. The molecule has 0 unspecified atom stereocenters. The maximum atomic E-state index is 10.7. The Hall–Kier alpha value is -0.550. The number of hydrogen-bond acceptors (Lipinski definition) is 3. The second-order valence-electron chi connectivity index (χ2n) is 1.69. The third-order valence-electron chi connectivity index (χ3n) is 0.472. The lowest BCUT2D eigenvalue weighted by Gasteiger charge is -1.97. The summed E-state index contributed by atoms with van der Waals surface area (Å²) in [6, 6.07) is 0. The molecule has 4 nitrogen and oxygen atoms in total. The molecule has 0 aliphatic heterocycles. The molecule has 0 bridgehead atoms. The molecule has 0 aromatic carbocycles. The molecule has 11 heteroatoms. The van der Waals surface area contributed by atoms with Crippen LogP contribution in [-0.2, 0) is 10.1 Å². The highest BCUT2D eigenvalue weighted by molar-refractivity contribution is 7.86. The Balaban J connectivity index is 0. The number of aliphatic hydroxyl groups excluding tert-OH is 1. The lowest BCUT2D eigenvalue weighted by molar-refractivity contribution is -0.159. The van der Waals surface area contributed by atoms with Gasteiger partial charge >= 0.3 is 21.8 Å². The lowest BCUT2D eigenvalue weighted by atomic mass is 10.7. The van der Waals surface area contributed by atoms with Crippen LogP contribution in [0, 0.1) is 0 Å². The van der Waals surface area contributed by atoms with E-state index in [0.717, 1.165) is 0 Å². The number of hydrogen-bond donors (Lipinski definition) is 2. The van der Waals surface area contributed by atoms with Crippen LogP contribution in [0.2, 0.25) is 0 Å². The highest BCUT2D eigenvalue weighted by Gasteiger charge is 2.44. The van der Waals surface area contributed by atoms with Gasteiger partial charge in [-0.25, -0.2) is 0 Å². The first-order valence-corrected chi connectivity index (χ1v) is 3.96. The molecule has 0 atom stereocenters. The van der Waals surface area contributed by atoms with Crippen molar-refractivity contribution < 1.29 is 44.4 Å². The lowest BCUT2D eigenvalue weighted by Crippen LogP contribution is -2.21. The summed E-state index contributed by atoms with van der Waals surface area (Å²) in [6.07, 6.45) is -4.40. The van der Waals surface area contributed by atoms with Crippen LogP contribution in [0.3, 0.4) is 0 Å². The van der Waals surface area contributed by atoms with Gasteiger partial charge in [-0.05, 0) is 0 Å². The molecule has 0 amide bonds. The molecule has 88 valence electrons. The third kappa shape index (κ3) is 9.54. The summed E-state index contributed by atoms with van der Waals surface area (Å²) in [4.78, 5) is 0. The fourth-order valence-electron chi connectivity index (χ4n) is 0. The molecule has 0 aromatic heterocycles. The summed E-state index contributed by atoms with van der Waals surface area (Å²) in [5.74, 6) is 0. The maximum Gasteiger partial charge on any atom is 0.522 e. The SMILES string of the molecule is O=S(=O)(O)C(F)(F)F.OCC(F)(F)F. The Kier molecular flexibility index (Phi) is 5.45. The molecule has 0 heterocycles. The van der Waals surface area contributed by atoms with Gasteiger partial charge in [-0.3, -0.25) is 4.55 Å². The summed E-state index contributed by atoms with van der Waals surface area (Å²) >= 11 is 0. The van der Waals surface area contributed by atoms with Crippen molar-refractivity contribution in [2.75, 3.05) is 6.61 Å². The molecule has 0 saturated carbocycles. The van der Waals surface area contributed by atoms with Gasteiger partial charge in [-0.2, -0.15) is 34.8 Å². The zero-order valence-electron chi connectivity index (χ0n) is 6.09. The molecular weight excluding hydrogens is 246 g/mol. The van der Waals surface area contributed by atoms with Crippen molar-refractivity contribution in [3.05, 3.63) is 0 Å². The van der Waals surface area contributed by atoms with Gasteiger partial charge in [0.05, 0.1) is 0 Å². The summed E-state index contributed by atoms with van der Waals surface area (Å²) in [5.41, 5.74) is -5.53. The minimum absolute atomic E-state index is 1.73. The Morgan fingerprint density at radius 1 is 1.00 bits per heavy atom. The van der Waals surface area contributed by atoms with E-state index in [9.17, 15) is 26.3 Å². The van der Waals surface area contributed by atoms with Crippen molar-refractivity contribution >= 4 is 10.1 Å². The van der Waals surface area contributed by atoms with Crippen molar-refractivity contribution in [1.82, 2.24) is 0 Å². The molecule has 0 aliphatic carbocycles. The molecule has 0 rings (SSSR count). The van der Waals surface area contributed by atoms with Crippen LogP contribution < -0.4 is 0 Å². The zero-order valence-corrected chi connectivity index (χ0v) is 6.91. The van der Waals surface area contributed by atoms with Crippen LogP contribution in [-0.4, -0.2) is 36.4 Å². The Morgan fingerprint density at radius 2 is 1.14 bits per heavy atom. The Bertz CT molecular complexity index is 249. The van der Waals surface area contributed by atoms with E-state index in [2.05, 4.69) is 0 Å². The Labute approximate surface area is 73.9 Å². The van der Waals surface area contributed by atoms with Gasteiger partial charge in [0.25, 0.3) is 0 Å². The normalized spacial score (nSPS) is 13.1. The summed E-state index contributed by atoms with van der Waals surface area (Å²) in [7, 11) is -5.84. The van der Waals surface area contributed by atoms with Crippen LogP contribution in [0.25, 0.3) is 0 Å². The third-order valence-corrected chi connectivity index (χ3v) is 1.06. The van der Waals surface area contributed by atoms with Crippen LogP contribution in [0.4, 0.5) is 26.3 Å². The minimum atomic E-state index is -5.84. The van der Waals surface area contributed by atoms with E-state index in [0.29, 0.717) is 0 Å². The first-order valence-electron chi connectivity index (χ1n) is 2.52. The smallest absolute Gasteiger partial charge is 0.387 e. The molecule has 0 aliphatic rings. The van der Waals surface area contributed by atoms with E-state index in [-0.39, 0.29) is 0 Å². The molecule has 14 heavy (non-hydrogen) atoms. The fraction of sp³-hybridized carbons (Fsp3) is 1.00.